The van der Waals surface area contributed by atoms with Crippen molar-refractivity contribution in [3.8, 4) is 5.75 Å². The molecule has 3 N–H and O–H groups in total. The molecule has 1 aromatic rings. The minimum Gasteiger partial charge on any atom is -0.497 e. The van der Waals surface area contributed by atoms with Gasteiger partial charge in [0.25, 0.3) is 0 Å². The number of ether oxygens (including phenoxy) is 2. The maximum absolute atomic E-state index is 12.0. The first-order valence-electron chi connectivity index (χ1n) is 10.6. The molecule has 0 aliphatic heterocycles. The molecule has 0 aliphatic carbocycles. The number of hydrogen-bond donors (Lipinski definition) is 3. The zero-order valence-electron chi connectivity index (χ0n) is 18.5. The third kappa shape index (κ3) is 10.5. The van der Waals surface area contributed by atoms with Gasteiger partial charge in [-0.1, -0.05) is 44.2 Å². The van der Waals surface area contributed by atoms with Gasteiger partial charge in [-0.2, -0.15) is 0 Å². The minimum absolute atomic E-state index is 0.315. The van der Waals surface area contributed by atoms with E-state index in [2.05, 4.69) is 17.4 Å². The summed E-state index contributed by atoms with van der Waals surface area (Å²) >= 11 is 0. The number of aliphatic hydroxyl groups is 2. The summed E-state index contributed by atoms with van der Waals surface area (Å²) in [5.74, 6) is 0.886. The Hall–Kier alpha value is -1.79. The first-order valence-corrected chi connectivity index (χ1v) is 10.6. The normalized spacial score (nSPS) is 11.9. The van der Waals surface area contributed by atoms with E-state index in [1.54, 1.807) is 27.9 Å². The summed E-state index contributed by atoms with van der Waals surface area (Å²) < 4.78 is 10.4. The number of aryl methyl sites for hydroxylation is 1. The molecule has 0 bridgehead atoms. The van der Waals surface area contributed by atoms with Crippen LogP contribution in [0.4, 0.5) is 4.79 Å². The second kappa shape index (κ2) is 12.7. The molecular formula is C23H39NO5. The van der Waals surface area contributed by atoms with E-state index < -0.39 is 17.2 Å². The fraction of sp³-hybridized carbons (Fsp3) is 0.696. The van der Waals surface area contributed by atoms with E-state index in [1.165, 1.54) is 12.0 Å². The molecule has 1 amide bonds. The van der Waals surface area contributed by atoms with Crippen molar-refractivity contribution in [1.82, 2.24) is 5.32 Å². The summed E-state index contributed by atoms with van der Waals surface area (Å²) in [6, 6.07) is 8.21. The van der Waals surface area contributed by atoms with Gasteiger partial charge in [0.05, 0.1) is 25.9 Å². The first-order chi connectivity index (χ1) is 13.7. The summed E-state index contributed by atoms with van der Waals surface area (Å²) in [5.41, 5.74) is -0.321. The van der Waals surface area contributed by atoms with Gasteiger partial charge in [-0.15, -0.1) is 0 Å². The monoisotopic (exact) mass is 409 g/mol. The van der Waals surface area contributed by atoms with Gasteiger partial charge < -0.3 is 25.0 Å². The van der Waals surface area contributed by atoms with Gasteiger partial charge in [-0.25, -0.2) is 4.79 Å². The number of aliphatic hydroxyl groups excluding tert-OH is 2. The topological polar surface area (TPSA) is 88.0 Å². The molecule has 0 fully saturated rings. The lowest BCUT2D eigenvalue weighted by Crippen LogP contribution is -2.55. The molecule has 1 rings (SSSR count). The van der Waals surface area contributed by atoms with Gasteiger partial charge >= 0.3 is 6.09 Å². The Morgan fingerprint density at radius 1 is 0.931 bits per heavy atom. The molecular weight excluding hydrogens is 370 g/mol. The largest absolute Gasteiger partial charge is 0.497 e. The van der Waals surface area contributed by atoms with Crippen molar-refractivity contribution in [3.63, 3.8) is 0 Å². The smallest absolute Gasteiger partial charge is 0.408 e. The van der Waals surface area contributed by atoms with Crippen LogP contribution in [0.3, 0.4) is 0 Å². The Balaban J connectivity index is 2.22. The zero-order chi connectivity index (χ0) is 21.8. The molecule has 0 atom stereocenters. The van der Waals surface area contributed by atoms with Gasteiger partial charge in [0, 0.05) is 0 Å². The lowest BCUT2D eigenvalue weighted by Gasteiger charge is -2.32. The van der Waals surface area contributed by atoms with Crippen LogP contribution in [0.2, 0.25) is 0 Å². The second-order valence-electron chi connectivity index (χ2n) is 8.69. The molecule has 166 valence electrons. The summed E-state index contributed by atoms with van der Waals surface area (Å²) in [6.07, 6.45) is 7.39. The quantitative estimate of drug-likeness (QED) is 0.425. The molecule has 1 aromatic carbocycles. The zero-order valence-corrected chi connectivity index (χ0v) is 18.5. The molecule has 6 heteroatoms. The molecule has 0 aromatic heterocycles. The number of methoxy groups -OCH3 is 1. The SMILES string of the molecule is COc1ccc(CCCCCCCCC(CO)(CO)NC(=O)OC(C)(C)C)cc1. The molecule has 0 spiro atoms. The van der Waals surface area contributed by atoms with Crippen LogP contribution in [-0.2, 0) is 11.2 Å². The second-order valence-corrected chi connectivity index (χ2v) is 8.69. The van der Waals surface area contributed by atoms with Gasteiger partial charge in [-0.3, -0.25) is 0 Å². The lowest BCUT2D eigenvalue weighted by atomic mass is 9.93. The third-order valence-electron chi connectivity index (χ3n) is 4.90. The van der Waals surface area contributed by atoms with Crippen LogP contribution < -0.4 is 10.1 Å². The number of amides is 1. The standard InChI is InChI=1S/C23H39NO5/c1-22(2,3)29-21(27)24-23(17-25,18-26)16-10-8-6-5-7-9-11-19-12-14-20(28-4)15-13-19/h12-15,25-26H,5-11,16-18H2,1-4H3,(H,24,27). The number of carbonyl (C=O) groups is 1. The van der Waals surface area contributed by atoms with Crippen LogP contribution in [0.15, 0.2) is 24.3 Å². The molecule has 0 heterocycles. The Bertz CT molecular complexity index is 576. The van der Waals surface area contributed by atoms with E-state index in [1.807, 2.05) is 12.1 Å². The minimum atomic E-state index is -1.03. The number of unbranched alkanes of at least 4 members (excludes halogenated alkanes) is 5. The molecule has 0 unspecified atom stereocenters. The fourth-order valence-electron chi connectivity index (χ4n) is 3.16. The van der Waals surface area contributed by atoms with Crippen molar-refractivity contribution >= 4 is 6.09 Å². The van der Waals surface area contributed by atoms with E-state index in [-0.39, 0.29) is 13.2 Å². The maximum Gasteiger partial charge on any atom is 0.408 e. The van der Waals surface area contributed by atoms with Gasteiger partial charge in [0.1, 0.15) is 11.4 Å². The number of benzene rings is 1. The van der Waals surface area contributed by atoms with E-state index in [9.17, 15) is 15.0 Å². The van der Waals surface area contributed by atoms with Crippen molar-refractivity contribution in [2.45, 2.75) is 83.3 Å². The van der Waals surface area contributed by atoms with E-state index in [4.69, 9.17) is 9.47 Å². The highest BCUT2D eigenvalue weighted by Crippen LogP contribution is 2.18. The van der Waals surface area contributed by atoms with Crippen LogP contribution in [0.1, 0.15) is 71.3 Å². The van der Waals surface area contributed by atoms with Crippen molar-refractivity contribution in [2.75, 3.05) is 20.3 Å². The Morgan fingerprint density at radius 3 is 2.00 bits per heavy atom. The predicted molar refractivity (Wildman–Crippen MR) is 115 cm³/mol. The highest BCUT2D eigenvalue weighted by atomic mass is 16.6. The van der Waals surface area contributed by atoms with Crippen LogP contribution in [0, 0.1) is 0 Å². The molecule has 29 heavy (non-hydrogen) atoms. The summed E-state index contributed by atoms with van der Waals surface area (Å²) in [4.78, 5) is 12.0. The van der Waals surface area contributed by atoms with Crippen molar-refractivity contribution in [2.24, 2.45) is 0 Å². The van der Waals surface area contributed by atoms with Crippen molar-refractivity contribution in [3.05, 3.63) is 29.8 Å². The fourth-order valence-corrected chi connectivity index (χ4v) is 3.16. The van der Waals surface area contributed by atoms with Crippen LogP contribution in [0.25, 0.3) is 0 Å². The Labute approximate surface area is 175 Å². The summed E-state index contributed by atoms with van der Waals surface area (Å²) in [6.45, 7) is 4.71. The van der Waals surface area contributed by atoms with Crippen molar-refractivity contribution in [1.29, 1.82) is 0 Å². The predicted octanol–water partition coefficient (Wildman–Crippen LogP) is 4.22. The Kier molecular flexibility index (Phi) is 11.1. The van der Waals surface area contributed by atoms with Crippen LogP contribution in [0.5, 0.6) is 5.75 Å². The molecule has 6 nitrogen and oxygen atoms in total. The highest BCUT2D eigenvalue weighted by molar-refractivity contribution is 5.68. The van der Waals surface area contributed by atoms with E-state index >= 15 is 0 Å². The van der Waals surface area contributed by atoms with E-state index in [0.29, 0.717) is 6.42 Å². The third-order valence-corrected chi connectivity index (χ3v) is 4.90. The van der Waals surface area contributed by atoms with Crippen molar-refractivity contribution < 1.29 is 24.5 Å². The van der Waals surface area contributed by atoms with Gasteiger partial charge in [-0.05, 0) is 57.7 Å². The average Bonchev–Trinajstić information content (AvgIpc) is 2.68. The highest BCUT2D eigenvalue weighted by Gasteiger charge is 2.32. The number of carbonyl (C=O) groups excluding carboxylic acids is 1. The number of alkyl carbamates (subject to hydrolysis) is 1. The van der Waals surface area contributed by atoms with Gasteiger partial charge in [0.15, 0.2) is 0 Å². The Morgan fingerprint density at radius 2 is 1.48 bits per heavy atom. The average molecular weight is 410 g/mol. The molecule has 0 aliphatic rings. The number of hydrogen-bond acceptors (Lipinski definition) is 5. The van der Waals surface area contributed by atoms with Gasteiger partial charge in [0.2, 0.25) is 0 Å². The molecule has 0 saturated carbocycles. The number of rotatable bonds is 13. The van der Waals surface area contributed by atoms with E-state index in [0.717, 1.165) is 44.3 Å². The van der Waals surface area contributed by atoms with Crippen LogP contribution >= 0.6 is 0 Å². The van der Waals surface area contributed by atoms with Crippen LogP contribution in [-0.4, -0.2) is 47.8 Å². The first kappa shape index (κ1) is 25.2. The molecule has 0 radical (unpaired) electrons. The number of nitrogens with one attached hydrogen (secondary N) is 1. The lowest BCUT2D eigenvalue weighted by molar-refractivity contribution is 0.0269. The maximum atomic E-state index is 12.0. The summed E-state index contributed by atoms with van der Waals surface area (Å²) in [5, 5.41) is 22.1. The summed E-state index contributed by atoms with van der Waals surface area (Å²) in [7, 11) is 1.67. The molecule has 0 saturated heterocycles.